The van der Waals surface area contributed by atoms with Gasteiger partial charge < -0.3 is 5.32 Å². The van der Waals surface area contributed by atoms with Crippen LogP contribution in [0.25, 0.3) is 10.6 Å². The number of aromatic nitrogens is 2. The second kappa shape index (κ2) is 5.53. The van der Waals surface area contributed by atoms with Crippen molar-refractivity contribution in [2.75, 3.05) is 0 Å². The van der Waals surface area contributed by atoms with Gasteiger partial charge in [0.2, 0.25) is 6.41 Å². The monoisotopic (exact) mass is 305 g/mol. The summed E-state index contributed by atoms with van der Waals surface area (Å²) < 4.78 is 51.1. The Balaban J connectivity index is 2.36. The summed E-state index contributed by atoms with van der Waals surface area (Å²) >= 11 is 0.346. The summed E-state index contributed by atoms with van der Waals surface area (Å²) in [5, 5.41) is 2.24. The molecule has 0 aliphatic heterocycles. The second-order valence-electron chi connectivity index (χ2n) is 3.68. The van der Waals surface area contributed by atoms with Crippen LogP contribution in [-0.2, 0) is 17.5 Å². The van der Waals surface area contributed by atoms with E-state index in [1.807, 2.05) is 0 Å². The molecule has 106 valence electrons. The lowest BCUT2D eigenvalue weighted by Crippen LogP contribution is -2.11. The molecule has 0 aliphatic rings. The van der Waals surface area contributed by atoms with E-state index in [1.54, 1.807) is 0 Å². The maximum atomic E-state index is 13.6. The Hall–Kier alpha value is -2.03. The van der Waals surface area contributed by atoms with Crippen LogP contribution in [0.3, 0.4) is 0 Å². The van der Waals surface area contributed by atoms with E-state index >= 15 is 0 Å². The van der Waals surface area contributed by atoms with Crippen molar-refractivity contribution in [3.63, 3.8) is 0 Å². The van der Waals surface area contributed by atoms with Gasteiger partial charge in [-0.1, -0.05) is 0 Å². The van der Waals surface area contributed by atoms with Crippen LogP contribution >= 0.6 is 11.3 Å². The molecular formula is C11H7F4N3OS. The number of alkyl halides is 3. The molecule has 2 aromatic rings. The van der Waals surface area contributed by atoms with E-state index in [9.17, 15) is 22.4 Å². The molecular weight excluding hydrogens is 298 g/mol. The summed E-state index contributed by atoms with van der Waals surface area (Å²) in [5.41, 5.74) is 0.237. The Bertz CT molecular complexity index is 626. The minimum atomic E-state index is -4.51. The van der Waals surface area contributed by atoms with E-state index in [1.165, 1.54) is 6.07 Å². The SMILES string of the molecule is O=CNCc1cc(-c2ncc(C(F)(F)F)s2)c(F)cn1. The summed E-state index contributed by atoms with van der Waals surface area (Å²) in [5.74, 6) is -0.775. The fraction of sp³-hybridized carbons (Fsp3) is 0.182. The minimum absolute atomic E-state index is 0.0499. The molecule has 0 atom stereocenters. The van der Waals surface area contributed by atoms with Gasteiger partial charge in [-0.3, -0.25) is 9.78 Å². The number of carbonyl (C=O) groups is 1. The highest BCUT2D eigenvalue weighted by molar-refractivity contribution is 7.15. The minimum Gasteiger partial charge on any atom is -0.353 e. The zero-order valence-electron chi connectivity index (χ0n) is 9.74. The summed E-state index contributed by atoms with van der Waals surface area (Å²) in [6, 6.07) is 1.25. The van der Waals surface area contributed by atoms with Crippen molar-refractivity contribution in [3.05, 3.63) is 34.8 Å². The van der Waals surface area contributed by atoms with Crippen LogP contribution in [-0.4, -0.2) is 16.4 Å². The highest BCUT2D eigenvalue weighted by Gasteiger charge is 2.33. The first-order chi connectivity index (χ1) is 9.41. The predicted octanol–water partition coefficient (Wildman–Crippen LogP) is 2.61. The van der Waals surface area contributed by atoms with Gasteiger partial charge in [0.05, 0.1) is 24.6 Å². The molecule has 0 saturated carbocycles. The van der Waals surface area contributed by atoms with E-state index in [0.717, 1.165) is 6.20 Å². The molecule has 4 nitrogen and oxygen atoms in total. The predicted molar refractivity (Wildman–Crippen MR) is 63.2 cm³/mol. The van der Waals surface area contributed by atoms with Gasteiger partial charge >= 0.3 is 6.18 Å². The molecule has 2 rings (SSSR count). The van der Waals surface area contributed by atoms with Crippen molar-refractivity contribution in [1.82, 2.24) is 15.3 Å². The number of halogens is 4. The Morgan fingerprint density at radius 2 is 2.05 bits per heavy atom. The highest BCUT2D eigenvalue weighted by Crippen LogP contribution is 2.37. The molecule has 0 aromatic carbocycles. The van der Waals surface area contributed by atoms with Gasteiger partial charge in [0, 0.05) is 5.56 Å². The van der Waals surface area contributed by atoms with Crippen molar-refractivity contribution in [1.29, 1.82) is 0 Å². The average molecular weight is 305 g/mol. The number of nitrogens with one attached hydrogen (secondary N) is 1. The molecule has 0 radical (unpaired) electrons. The van der Waals surface area contributed by atoms with E-state index in [4.69, 9.17) is 0 Å². The van der Waals surface area contributed by atoms with E-state index in [2.05, 4.69) is 15.3 Å². The van der Waals surface area contributed by atoms with Crippen molar-refractivity contribution < 1.29 is 22.4 Å². The maximum Gasteiger partial charge on any atom is 0.427 e. The molecule has 0 aliphatic carbocycles. The van der Waals surface area contributed by atoms with Crippen LogP contribution in [0, 0.1) is 5.82 Å². The zero-order valence-corrected chi connectivity index (χ0v) is 10.6. The molecule has 0 saturated heterocycles. The molecule has 1 N–H and O–H groups in total. The lowest BCUT2D eigenvalue weighted by atomic mass is 10.2. The normalized spacial score (nSPS) is 11.4. The molecule has 2 aromatic heterocycles. The van der Waals surface area contributed by atoms with E-state index in [-0.39, 0.29) is 17.1 Å². The Morgan fingerprint density at radius 3 is 2.65 bits per heavy atom. The molecule has 0 fully saturated rings. The first-order valence-corrected chi connectivity index (χ1v) is 6.08. The standard InChI is InChI=1S/C11H7F4N3OS/c12-8-3-17-6(2-16-5-19)1-7(8)10-18-4-9(20-10)11(13,14)15/h1,3-5H,2H2,(H,16,19). The summed E-state index contributed by atoms with van der Waals surface area (Å²) in [7, 11) is 0. The van der Waals surface area contributed by atoms with Gasteiger partial charge in [0.15, 0.2) is 5.82 Å². The quantitative estimate of drug-likeness (QED) is 0.698. The fourth-order valence-electron chi connectivity index (χ4n) is 1.42. The van der Waals surface area contributed by atoms with Crippen LogP contribution in [0.4, 0.5) is 17.6 Å². The van der Waals surface area contributed by atoms with Crippen molar-refractivity contribution in [3.8, 4) is 10.6 Å². The van der Waals surface area contributed by atoms with Gasteiger partial charge in [-0.15, -0.1) is 11.3 Å². The van der Waals surface area contributed by atoms with Gasteiger partial charge in [-0.05, 0) is 6.07 Å². The Morgan fingerprint density at radius 1 is 1.30 bits per heavy atom. The molecule has 0 bridgehead atoms. The third-order valence-electron chi connectivity index (χ3n) is 2.29. The number of carbonyl (C=O) groups excluding carboxylic acids is 1. The third-order valence-corrected chi connectivity index (χ3v) is 3.37. The number of pyridine rings is 1. The highest BCUT2D eigenvalue weighted by atomic mass is 32.1. The largest absolute Gasteiger partial charge is 0.427 e. The second-order valence-corrected chi connectivity index (χ2v) is 4.71. The van der Waals surface area contributed by atoms with Crippen LogP contribution in [0.1, 0.15) is 10.6 Å². The molecule has 1 amide bonds. The first-order valence-electron chi connectivity index (χ1n) is 5.26. The zero-order chi connectivity index (χ0) is 14.8. The molecule has 0 unspecified atom stereocenters. The molecule has 20 heavy (non-hydrogen) atoms. The molecule has 2 heterocycles. The average Bonchev–Trinajstić information content (AvgIpc) is 2.87. The van der Waals surface area contributed by atoms with Crippen LogP contribution in [0.5, 0.6) is 0 Å². The number of nitrogens with zero attached hydrogens (tertiary/aromatic N) is 2. The number of rotatable bonds is 4. The summed E-state index contributed by atoms with van der Waals surface area (Å²) in [4.78, 5) is 16.6. The smallest absolute Gasteiger partial charge is 0.353 e. The maximum absolute atomic E-state index is 13.6. The van der Waals surface area contributed by atoms with Gasteiger partial charge in [0.25, 0.3) is 0 Å². The topological polar surface area (TPSA) is 54.9 Å². The van der Waals surface area contributed by atoms with Crippen LogP contribution < -0.4 is 5.32 Å². The number of hydrogen-bond donors (Lipinski definition) is 1. The van der Waals surface area contributed by atoms with E-state index in [0.29, 0.717) is 29.6 Å². The number of thiazole rings is 1. The van der Waals surface area contributed by atoms with Crippen LogP contribution in [0.2, 0.25) is 0 Å². The van der Waals surface area contributed by atoms with Gasteiger partial charge in [-0.2, -0.15) is 13.2 Å². The van der Waals surface area contributed by atoms with E-state index < -0.39 is 16.9 Å². The van der Waals surface area contributed by atoms with Crippen molar-refractivity contribution in [2.24, 2.45) is 0 Å². The third kappa shape index (κ3) is 3.10. The lowest BCUT2D eigenvalue weighted by Gasteiger charge is -2.03. The van der Waals surface area contributed by atoms with Crippen molar-refractivity contribution in [2.45, 2.75) is 12.7 Å². The Labute approximate surface area is 114 Å². The molecule has 9 heteroatoms. The number of amides is 1. The lowest BCUT2D eigenvalue weighted by molar-refractivity contribution is -0.134. The van der Waals surface area contributed by atoms with Crippen molar-refractivity contribution >= 4 is 17.7 Å². The number of hydrogen-bond acceptors (Lipinski definition) is 4. The Kier molecular flexibility index (Phi) is 3.98. The van der Waals surface area contributed by atoms with Gasteiger partial charge in [0.1, 0.15) is 9.88 Å². The van der Waals surface area contributed by atoms with Gasteiger partial charge in [-0.25, -0.2) is 9.37 Å². The summed E-state index contributed by atoms with van der Waals surface area (Å²) in [6.07, 6.45) is -2.54. The fourth-order valence-corrected chi connectivity index (χ4v) is 2.22. The first kappa shape index (κ1) is 14.4. The summed E-state index contributed by atoms with van der Waals surface area (Å²) in [6.45, 7) is 0.0499. The molecule has 0 spiro atoms. The van der Waals surface area contributed by atoms with Crippen LogP contribution in [0.15, 0.2) is 18.5 Å².